The van der Waals surface area contributed by atoms with Gasteiger partial charge in [0.1, 0.15) is 5.56 Å². The van der Waals surface area contributed by atoms with Crippen LogP contribution in [-0.2, 0) is 13.6 Å². The van der Waals surface area contributed by atoms with Gasteiger partial charge in [0.2, 0.25) is 0 Å². The highest BCUT2D eigenvalue weighted by atomic mass is 16.4. The van der Waals surface area contributed by atoms with Gasteiger partial charge in [-0.25, -0.2) is 4.79 Å². The smallest absolute Gasteiger partial charge is 0.339 e. The molecule has 2 N–H and O–H groups in total. The summed E-state index contributed by atoms with van der Waals surface area (Å²) in [5.74, 6) is 0.567. The molecule has 0 radical (unpaired) electrons. The summed E-state index contributed by atoms with van der Waals surface area (Å²) in [7, 11) is 1.81. The van der Waals surface area contributed by atoms with Gasteiger partial charge in [0, 0.05) is 26.7 Å². The number of likely N-dealkylation sites (tertiary alicyclic amines) is 1. The number of fused-ring (bicyclic) bond motifs is 1. The molecule has 1 aromatic heterocycles. The van der Waals surface area contributed by atoms with Crippen LogP contribution in [0.5, 0.6) is 0 Å². The molecule has 0 saturated carbocycles. The number of nitrogens with one attached hydrogen (secondary N) is 1. The van der Waals surface area contributed by atoms with Crippen molar-refractivity contribution >= 4 is 5.97 Å². The summed E-state index contributed by atoms with van der Waals surface area (Å²) in [4.78, 5) is 13.5. The topological polar surface area (TPSA) is 70.4 Å². The van der Waals surface area contributed by atoms with Gasteiger partial charge in [-0.05, 0) is 24.9 Å². The van der Waals surface area contributed by atoms with Crippen LogP contribution in [0.25, 0.3) is 0 Å². The number of nitrogens with zero attached hydrogens (tertiary/aromatic N) is 3. The Morgan fingerprint density at radius 2 is 2.17 bits per heavy atom. The van der Waals surface area contributed by atoms with E-state index >= 15 is 0 Å². The highest BCUT2D eigenvalue weighted by Crippen LogP contribution is 2.27. The maximum atomic E-state index is 11.1. The monoisotopic (exact) mass is 250 g/mol. The van der Waals surface area contributed by atoms with Crippen LogP contribution >= 0.6 is 0 Å². The van der Waals surface area contributed by atoms with E-state index < -0.39 is 5.97 Å². The Kier molecular flexibility index (Phi) is 2.83. The first-order valence-corrected chi connectivity index (χ1v) is 6.32. The van der Waals surface area contributed by atoms with Crippen molar-refractivity contribution in [3.8, 4) is 0 Å². The second-order valence-electron chi connectivity index (χ2n) is 5.31. The molecule has 2 fully saturated rings. The largest absolute Gasteiger partial charge is 0.478 e. The summed E-state index contributed by atoms with van der Waals surface area (Å²) in [6.07, 6.45) is 1.44. The molecule has 2 unspecified atom stereocenters. The Morgan fingerprint density at radius 1 is 1.50 bits per heavy atom. The number of aromatic nitrogens is 2. The average Bonchev–Trinajstić information content (AvgIpc) is 2.94. The first-order chi connectivity index (χ1) is 8.65. The fourth-order valence-electron chi connectivity index (χ4n) is 3.12. The molecule has 2 saturated heterocycles. The number of rotatable bonds is 3. The van der Waals surface area contributed by atoms with Gasteiger partial charge in [0.05, 0.1) is 11.9 Å². The number of aromatic carboxylic acids is 1. The lowest BCUT2D eigenvalue weighted by Crippen LogP contribution is -2.27. The molecule has 98 valence electrons. The molecule has 0 amide bonds. The van der Waals surface area contributed by atoms with Gasteiger partial charge >= 0.3 is 5.97 Å². The van der Waals surface area contributed by atoms with E-state index in [4.69, 9.17) is 5.11 Å². The number of carboxylic acids is 1. The summed E-state index contributed by atoms with van der Waals surface area (Å²) in [5.41, 5.74) is 1.13. The number of hydrogen-bond donors (Lipinski definition) is 2. The summed E-state index contributed by atoms with van der Waals surface area (Å²) in [6.45, 7) is 4.99. The van der Waals surface area contributed by atoms with E-state index in [1.54, 1.807) is 11.7 Å². The minimum Gasteiger partial charge on any atom is -0.478 e. The minimum absolute atomic E-state index is 0.327. The molecule has 0 spiro atoms. The molecular formula is C12H18N4O2. The van der Waals surface area contributed by atoms with Crippen LogP contribution in [0.15, 0.2) is 6.20 Å². The SMILES string of the molecule is Cn1ncc(C(=O)O)c1CN1CC2CNCC2C1. The van der Waals surface area contributed by atoms with Crippen molar-refractivity contribution in [3.63, 3.8) is 0 Å². The molecule has 6 nitrogen and oxygen atoms in total. The lowest BCUT2D eigenvalue weighted by Gasteiger charge is -2.17. The Balaban J connectivity index is 1.73. The van der Waals surface area contributed by atoms with Crippen molar-refractivity contribution in [2.75, 3.05) is 26.2 Å². The molecule has 18 heavy (non-hydrogen) atoms. The van der Waals surface area contributed by atoms with E-state index in [9.17, 15) is 4.79 Å². The van der Waals surface area contributed by atoms with Crippen LogP contribution < -0.4 is 5.32 Å². The third-order valence-electron chi connectivity index (χ3n) is 4.13. The Bertz CT molecular complexity index is 459. The van der Waals surface area contributed by atoms with Crippen LogP contribution in [0.3, 0.4) is 0 Å². The molecule has 1 aromatic rings. The van der Waals surface area contributed by atoms with E-state index in [2.05, 4.69) is 15.3 Å². The van der Waals surface area contributed by atoms with Crippen molar-refractivity contribution in [1.82, 2.24) is 20.0 Å². The lowest BCUT2D eigenvalue weighted by atomic mass is 10.0. The van der Waals surface area contributed by atoms with E-state index in [1.165, 1.54) is 6.20 Å². The molecule has 6 heteroatoms. The molecule has 2 atom stereocenters. The predicted molar refractivity (Wildman–Crippen MR) is 65.3 cm³/mol. The zero-order chi connectivity index (χ0) is 12.7. The lowest BCUT2D eigenvalue weighted by molar-refractivity contribution is 0.0694. The second kappa shape index (κ2) is 4.37. The van der Waals surface area contributed by atoms with E-state index in [-0.39, 0.29) is 0 Å². The molecule has 0 bridgehead atoms. The first-order valence-electron chi connectivity index (χ1n) is 6.32. The molecule has 2 aliphatic rings. The van der Waals surface area contributed by atoms with Crippen molar-refractivity contribution in [2.45, 2.75) is 6.54 Å². The zero-order valence-corrected chi connectivity index (χ0v) is 10.5. The number of aryl methyl sites for hydroxylation is 1. The van der Waals surface area contributed by atoms with Gasteiger partial charge in [-0.1, -0.05) is 0 Å². The summed E-state index contributed by atoms with van der Waals surface area (Å²) in [5, 5.41) is 16.6. The van der Waals surface area contributed by atoms with Crippen molar-refractivity contribution in [1.29, 1.82) is 0 Å². The number of hydrogen-bond acceptors (Lipinski definition) is 4. The summed E-state index contributed by atoms with van der Waals surface area (Å²) in [6, 6.07) is 0. The van der Waals surface area contributed by atoms with E-state index in [1.807, 2.05) is 0 Å². The number of carbonyl (C=O) groups is 1. The molecule has 0 aliphatic carbocycles. The summed E-state index contributed by atoms with van der Waals surface area (Å²) < 4.78 is 1.68. The third-order valence-corrected chi connectivity index (χ3v) is 4.13. The van der Waals surface area contributed by atoms with Crippen molar-refractivity contribution in [3.05, 3.63) is 17.5 Å². The fraction of sp³-hybridized carbons (Fsp3) is 0.667. The number of carboxylic acid groups (broad SMARTS) is 1. The normalized spacial score (nSPS) is 27.6. The maximum Gasteiger partial charge on any atom is 0.339 e. The van der Waals surface area contributed by atoms with Crippen LogP contribution in [-0.4, -0.2) is 51.9 Å². The molecular weight excluding hydrogens is 232 g/mol. The van der Waals surface area contributed by atoms with Gasteiger partial charge in [-0.3, -0.25) is 9.58 Å². The predicted octanol–water partition coefficient (Wildman–Crippen LogP) is -0.230. The highest BCUT2D eigenvalue weighted by Gasteiger charge is 2.36. The Hall–Kier alpha value is -1.40. The van der Waals surface area contributed by atoms with Gasteiger partial charge in [-0.2, -0.15) is 5.10 Å². The van der Waals surface area contributed by atoms with Crippen LogP contribution in [0, 0.1) is 11.8 Å². The van der Waals surface area contributed by atoms with E-state index in [0.717, 1.165) is 43.7 Å². The summed E-state index contributed by atoms with van der Waals surface area (Å²) >= 11 is 0. The van der Waals surface area contributed by atoms with Crippen LogP contribution in [0.1, 0.15) is 16.1 Å². The maximum absolute atomic E-state index is 11.1. The van der Waals surface area contributed by atoms with Gasteiger partial charge < -0.3 is 10.4 Å². The average molecular weight is 250 g/mol. The zero-order valence-electron chi connectivity index (χ0n) is 10.5. The van der Waals surface area contributed by atoms with Crippen LogP contribution in [0.2, 0.25) is 0 Å². The molecule has 0 aromatic carbocycles. The standard InChI is InChI=1S/C12H18N4O2/c1-15-11(10(4-14-15)12(17)18)7-16-5-8-2-13-3-9(8)6-16/h4,8-9,13H,2-3,5-7H2,1H3,(H,17,18). The van der Waals surface area contributed by atoms with Crippen LogP contribution in [0.4, 0.5) is 0 Å². The fourth-order valence-corrected chi connectivity index (χ4v) is 3.12. The van der Waals surface area contributed by atoms with Gasteiger partial charge in [0.15, 0.2) is 0 Å². The second-order valence-corrected chi connectivity index (χ2v) is 5.31. The quantitative estimate of drug-likeness (QED) is 0.775. The Morgan fingerprint density at radius 3 is 2.78 bits per heavy atom. The highest BCUT2D eigenvalue weighted by molar-refractivity contribution is 5.88. The molecule has 2 aliphatic heterocycles. The minimum atomic E-state index is -0.890. The van der Waals surface area contributed by atoms with Gasteiger partial charge in [0.25, 0.3) is 0 Å². The molecule has 3 rings (SSSR count). The Labute approximate surface area is 106 Å². The van der Waals surface area contributed by atoms with E-state index in [0.29, 0.717) is 12.1 Å². The third kappa shape index (κ3) is 1.91. The van der Waals surface area contributed by atoms with Crippen molar-refractivity contribution < 1.29 is 9.90 Å². The molecule has 3 heterocycles. The van der Waals surface area contributed by atoms with Gasteiger partial charge in [-0.15, -0.1) is 0 Å². The first kappa shape index (κ1) is 11.7. The van der Waals surface area contributed by atoms with Crippen molar-refractivity contribution in [2.24, 2.45) is 18.9 Å².